The molecule has 0 heterocycles. The summed E-state index contributed by atoms with van der Waals surface area (Å²) in [6.07, 6.45) is 0. The van der Waals surface area contributed by atoms with E-state index in [0.717, 1.165) is 9.87 Å². The lowest BCUT2D eigenvalue weighted by molar-refractivity contribution is -0.120. The maximum Gasteiger partial charge on any atom is 0.251 e. The van der Waals surface area contributed by atoms with Crippen LogP contribution < -0.4 is 10.6 Å². The van der Waals surface area contributed by atoms with Gasteiger partial charge in [0.15, 0.2) is 0 Å². The third-order valence-electron chi connectivity index (χ3n) is 3.98. The zero-order valence-corrected chi connectivity index (χ0v) is 16.3. The Labute approximate surface area is 159 Å². The van der Waals surface area contributed by atoms with E-state index in [2.05, 4.69) is 10.6 Å². The molecule has 0 spiro atoms. The number of benzene rings is 2. The van der Waals surface area contributed by atoms with Gasteiger partial charge in [-0.3, -0.25) is 9.59 Å². The first kappa shape index (κ1) is 20.6. The number of rotatable bonds is 7. The Morgan fingerprint density at radius 2 is 1.59 bits per heavy atom. The summed E-state index contributed by atoms with van der Waals surface area (Å²) in [5.41, 5.74) is 1.24. The predicted octanol–water partition coefficient (Wildman–Crippen LogP) is 1.54. The van der Waals surface area contributed by atoms with E-state index in [1.54, 1.807) is 0 Å². The van der Waals surface area contributed by atoms with Crippen LogP contribution in [-0.4, -0.2) is 45.2 Å². The molecule has 0 aromatic heterocycles. The fourth-order valence-electron chi connectivity index (χ4n) is 2.37. The molecule has 8 heteroatoms. The van der Waals surface area contributed by atoms with E-state index in [-0.39, 0.29) is 29.0 Å². The zero-order valence-electron chi connectivity index (χ0n) is 15.5. The molecule has 0 aliphatic rings. The van der Waals surface area contributed by atoms with Gasteiger partial charge < -0.3 is 10.6 Å². The number of carbonyl (C=O) groups excluding carboxylic acids is 2. The fraction of sp³-hybridized carbons (Fsp3) is 0.263. The zero-order chi connectivity index (χ0) is 20.0. The summed E-state index contributed by atoms with van der Waals surface area (Å²) in [5, 5.41) is 5.33. The van der Waals surface area contributed by atoms with E-state index in [1.807, 2.05) is 37.3 Å². The summed E-state index contributed by atoms with van der Waals surface area (Å²) in [4.78, 5) is 24.3. The van der Waals surface area contributed by atoms with Gasteiger partial charge in [0, 0.05) is 19.7 Å². The van der Waals surface area contributed by atoms with Crippen LogP contribution in [0.4, 0.5) is 0 Å². The van der Waals surface area contributed by atoms with Crippen molar-refractivity contribution in [1.82, 2.24) is 14.9 Å². The van der Waals surface area contributed by atoms with Crippen LogP contribution in [-0.2, 0) is 14.8 Å². The van der Waals surface area contributed by atoms with Gasteiger partial charge in [-0.2, -0.15) is 0 Å². The molecule has 144 valence electrons. The molecule has 0 fully saturated rings. The molecule has 0 aliphatic carbocycles. The summed E-state index contributed by atoms with van der Waals surface area (Å²) in [7, 11) is -0.676. The number of sulfonamides is 1. The average molecular weight is 389 g/mol. The Kier molecular flexibility index (Phi) is 6.70. The number of amides is 2. The van der Waals surface area contributed by atoms with E-state index in [1.165, 1.54) is 38.4 Å². The number of nitrogens with one attached hydrogen (secondary N) is 2. The SMILES string of the molecule is CC(NC(=O)CNC(=O)c1ccc(S(=O)(=O)N(C)C)cc1)c1ccccc1. The monoisotopic (exact) mass is 389 g/mol. The van der Waals surface area contributed by atoms with E-state index in [4.69, 9.17) is 0 Å². The average Bonchev–Trinajstić information content (AvgIpc) is 2.66. The molecule has 7 nitrogen and oxygen atoms in total. The van der Waals surface area contributed by atoms with Crippen molar-refractivity contribution in [3.05, 3.63) is 65.7 Å². The van der Waals surface area contributed by atoms with Crippen LogP contribution >= 0.6 is 0 Å². The lowest BCUT2D eigenvalue weighted by Gasteiger charge is -2.14. The molecule has 1 atom stereocenters. The summed E-state index contributed by atoms with van der Waals surface area (Å²) in [5.74, 6) is -0.766. The van der Waals surface area contributed by atoms with Crippen molar-refractivity contribution in [1.29, 1.82) is 0 Å². The van der Waals surface area contributed by atoms with Gasteiger partial charge in [-0.1, -0.05) is 30.3 Å². The Morgan fingerprint density at radius 3 is 2.15 bits per heavy atom. The highest BCUT2D eigenvalue weighted by Gasteiger charge is 2.18. The highest BCUT2D eigenvalue weighted by atomic mass is 32.2. The van der Waals surface area contributed by atoms with Crippen LogP contribution in [0.3, 0.4) is 0 Å². The second-order valence-electron chi connectivity index (χ2n) is 6.19. The van der Waals surface area contributed by atoms with E-state index in [0.29, 0.717) is 0 Å². The molecule has 0 aliphatic heterocycles. The quantitative estimate of drug-likeness (QED) is 0.751. The molecular formula is C19H23N3O4S. The largest absolute Gasteiger partial charge is 0.348 e. The van der Waals surface area contributed by atoms with E-state index < -0.39 is 15.9 Å². The van der Waals surface area contributed by atoms with Crippen LogP contribution in [0, 0.1) is 0 Å². The molecule has 2 aromatic rings. The molecule has 0 saturated carbocycles. The van der Waals surface area contributed by atoms with Gasteiger partial charge >= 0.3 is 0 Å². The number of hydrogen-bond donors (Lipinski definition) is 2. The van der Waals surface area contributed by atoms with Gasteiger partial charge in [0.1, 0.15) is 0 Å². The third-order valence-corrected chi connectivity index (χ3v) is 5.81. The third kappa shape index (κ3) is 5.38. The number of nitrogens with zero attached hydrogens (tertiary/aromatic N) is 1. The maximum atomic E-state index is 12.1. The predicted molar refractivity (Wildman–Crippen MR) is 103 cm³/mol. The number of carbonyl (C=O) groups is 2. The van der Waals surface area contributed by atoms with Gasteiger partial charge in [-0.05, 0) is 36.8 Å². The van der Waals surface area contributed by atoms with Crippen LogP contribution in [0.15, 0.2) is 59.5 Å². The molecule has 0 saturated heterocycles. The Bertz CT molecular complexity index is 894. The van der Waals surface area contributed by atoms with Crippen molar-refractivity contribution >= 4 is 21.8 Å². The second-order valence-corrected chi connectivity index (χ2v) is 8.35. The van der Waals surface area contributed by atoms with Crippen molar-refractivity contribution in [3.63, 3.8) is 0 Å². The second kappa shape index (κ2) is 8.79. The Hall–Kier alpha value is -2.71. The molecule has 2 aromatic carbocycles. The van der Waals surface area contributed by atoms with Gasteiger partial charge in [0.05, 0.1) is 17.5 Å². The standard InChI is InChI=1S/C19H23N3O4S/c1-14(15-7-5-4-6-8-15)21-18(23)13-20-19(24)16-9-11-17(12-10-16)27(25,26)22(2)3/h4-12,14H,13H2,1-3H3,(H,20,24)(H,21,23). The Morgan fingerprint density at radius 1 is 1.00 bits per heavy atom. The van der Waals surface area contributed by atoms with Crippen molar-refractivity contribution in [2.75, 3.05) is 20.6 Å². The summed E-state index contributed by atoms with van der Waals surface area (Å²) in [6, 6.07) is 14.9. The minimum atomic E-state index is -3.55. The first-order valence-corrected chi connectivity index (χ1v) is 9.81. The number of hydrogen-bond acceptors (Lipinski definition) is 4. The van der Waals surface area contributed by atoms with Crippen LogP contribution in [0.1, 0.15) is 28.9 Å². The van der Waals surface area contributed by atoms with Crippen LogP contribution in [0.5, 0.6) is 0 Å². The lowest BCUT2D eigenvalue weighted by atomic mass is 10.1. The minimum Gasteiger partial charge on any atom is -0.348 e. The Balaban J connectivity index is 1.91. The molecule has 27 heavy (non-hydrogen) atoms. The van der Waals surface area contributed by atoms with Crippen molar-refractivity contribution in [2.45, 2.75) is 17.9 Å². The smallest absolute Gasteiger partial charge is 0.251 e. The fourth-order valence-corrected chi connectivity index (χ4v) is 3.27. The van der Waals surface area contributed by atoms with E-state index in [9.17, 15) is 18.0 Å². The first-order valence-electron chi connectivity index (χ1n) is 8.37. The van der Waals surface area contributed by atoms with Gasteiger partial charge in [-0.15, -0.1) is 0 Å². The van der Waals surface area contributed by atoms with E-state index >= 15 is 0 Å². The maximum absolute atomic E-state index is 12.1. The summed E-state index contributed by atoms with van der Waals surface area (Å²) < 4.78 is 25.1. The van der Waals surface area contributed by atoms with Crippen LogP contribution in [0.25, 0.3) is 0 Å². The van der Waals surface area contributed by atoms with Gasteiger partial charge in [0.2, 0.25) is 15.9 Å². The minimum absolute atomic E-state index is 0.0958. The molecule has 0 bridgehead atoms. The first-order chi connectivity index (χ1) is 12.7. The van der Waals surface area contributed by atoms with Gasteiger partial charge in [-0.25, -0.2) is 12.7 Å². The molecule has 2 amide bonds. The molecule has 1 unspecified atom stereocenters. The molecular weight excluding hydrogens is 366 g/mol. The molecule has 2 rings (SSSR count). The highest BCUT2D eigenvalue weighted by molar-refractivity contribution is 7.89. The summed E-state index contributed by atoms with van der Waals surface area (Å²) in [6.45, 7) is 1.69. The summed E-state index contributed by atoms with van der Waals surface area (Å²) >= 11 is 0. The van der Waals surface area contributed by atoms with Crippen molar-refractivity contribution < 1.29 is 18.0 Å². The highest BCUT2D eigenvalue weighted by Crippen LogP contribution is 2.14. The van der Waals surface area contributed by atoms with Crippen LogP contribution in [0.2, 0.25) is 0 Å². The molecule has 2 N–H and O–H groups in total. The normalized spacial score (nSPS) is 12.4. The van der Waals surface area contributed by atoms with Crippen molar-refractivity contribution in [3.8, 4) is 0 Å². The topological polar surface area (TPSA) is 95.6 Å². The lowest BCUT2D eigenvalue weighted by Crippen LogP contribution is -2.38. The molecule has 0 radical (unpaired) electrons. The van der Waals surface area contributed by atoms with Crippen molar-refractivity contribution in [2.24, 2.45) is 0 Å². The van der Waals surface area contributed by atoms with Gasteiger partial charge in [0.25, 0.3) is 5.91 Å².